The van der Waals surface area contributed by atoms with Crippen LogP contribution in [0.5, 0.6) is 11.5 Å². The highest BCUT2D eigenvalue weighted by Crippen LogP contribution is 2.30. The number of nitrogens with two attached hydrogens (primary N) is 1. The van der Waals surface area contributed by atoms with Crippen molar-refractivity contribution in [2.24, 2.45) is 10.9 Å². The van der Waals surface area contributed by atoms with Gasteiger partial charge in [0.1, 0.15) is 6.10 Å². The van der Waals surface area contributed by atoms with Gasteiger partial charge in [0, 0.05) is 18.4 Å². The molecule has 0 saturated carbocycles. The van der Waals surface area contributed by atoms with Crippen molar-refractivity contribution >= 4 is 5.84 Å². The molecule has 1 heterocycles. The maximum absolute atomic E-state index is 8.66. The lowest BCUT2D eigenvalue weighted by molar-refractivity contribution is 0.0245. The Hall–Kier alpha value is -1.95. The zero-order valence-electron chi connectivity index (χ0n) is 10.8. The summed E-state index contributed by atoms with van der Waals surface area (Å²) in [4.78, 5) is 0. The summed E-state index contributed by atoms with van der Waals surface area (Å²) in [5, 5.41) is 11.6. The summed E-state index contributed by atoms with van der Waals surface area (Å²) >= 11 is 0. The quantitative estimate of drug-likeness (QED) is 0.372. The molecule has 0 unspecified atom stereocenters. The van der Waals surface area contributed by atoms with Crippen molar-refractivity contribution in [3.63, 3.8) is 0 Å². The Labute approximate surface area is 111 Å². The van der Waals surface area contributed by atoms with E-state index >= 15 is 0 Å². The predicted molar refractivity (Wildman–Crippen MR) is 70.0 cm³/mol. The van der Waals surface area contributed by atoms with Gasteiger partial charge in [-0.05, 0) is 18.2 Å². The van der Waals surface area contributed by atoms with Crippen LogP contribution in [-0.4, -0.2) is 37.5 Å². The van der Waals surface area contributed by atoms with Crippen LogP contribution in [0.1, 0.15) is 18.4 Å². The number of ether oxygens (including phenoxy) is 3. The lowest BCUT2D eigenvalue weighted by Gasteiger charge is -2.24. The summed E-state index contributed by atoms with van der Waals surface area (Å²) in [6.07, 6.45) is 1.87. The van der Waals surface area contributed by atoms with Gasteiger partial charge in [0.2, 0.25) is 0 Å². The smallest absolute Gasteiger partial charge is 0.170 e. The molecule has 0 aromatic heterocycles. The van der Waals surface area contributed by atoms with Crippen molar-refractivity contribution in [3.05, 3.63) is 23.8 Å². The molecule has 19 heavy (non-hydrogen) atoms. The van der Waals surface area contributed by atoms with Crippen molar-refractivity contribution in [1.82, 2.24) is 0 Å². The predicted octanol–water partition coefficient (Wildman–Crippen LogP) is 1.35. The van der Waals surface area contributed by atoms with Crippen LogP contribution in [0.3, 0.4) is 0 Å². The number of methoxy groups -OCH3 is 1. The van der Waals surface area contributed by atoms with Crippen LogP contribution >= 0.6 is 0 Å². The molecule has 6 heteroatoms. The molecule has 1 saturated heterocycles. The summed E-state index contributed by atoms with van der Waals surface area (Å²) in [5.41, 5.74) is 6.12. The normalized spacial score (nSPS) is 17.2. The molecule has 104 valence electrons. The monoisotopic (exact) mass is 266 g/mol. The standard InChI is InChI=1S/C13H18N2O4/c1-17-12-8-9(13(14)15-16)2-3-11(12)19-10-4-6-18-7-5-10/h2-3,8,10,16H,4-7H2,1H3,(H2,14,15). The lowest BCUT2D eigenvalue weighted by Crippen LogP contribution is -2.26. The minimum Gasteiger partial charge on any atom is -0.493 e. The molecule has 0 spiro atoms. The number of benzene rings is 1. The highest BCUT2D eigenvalue weighted by Gasteiger charge is 2.17. The van der Waals surface area contributed by atoms with Crippen LogP contribution in [0.15, 0.2) is 23.4 Å². The molecule has 0 bridgehead atoms. The van der Waals surface area contributed by atoms with E-state index in [1.54, 1.807) is 25.3 Å². The maximum Gasteiger partial charge on any atom is 0.170 e. The first-order chi connectivity index (χ1) is 9.24. The summed E-state index contributed by atoms with van der Waals surface area (Å²) in [7, 11) is 1.56. The molecule has 0 atom stereocenters. The van der Waals surface area contributed by atoms with Gasteiger partial charge < -0.3 is 25.2 Å². The van der Waals surface area contributed by atoms with Crippen LogP contribution < -0.4 is 15.2 Å². The molecule has 1 fully saturated rings. The van der Waals surface area contributed by atoms with Gasteiger partial charge in [-0.2, -0.15) is 0 Å². The van der Waals surface area contributed by atoms with E-state index in [0.29, 0.717) is 17.1 Å². The third kappa shape index (κ3) is 3.29. The Morgan fingerprint density at radius 2 is 2.11 bits per heavy atom. The zero-order chi connectivity index (χ0) is 13.7. The number of hydrogen-bond donors (Lipinski definition) is 2. The molecule has 1 aromatic rings. The van der Waals surface area contributed by atoms with Crippen molar-refractivity contribution in [2.75, 3.05) is 20.3 Å². The molecule has 2 rings (SSSR count). The van der Waals surface area contributed by atoms with Gasteiger partial charge in [-0.1, -0.05) is 5.16 Å². The fourth-order valence-electron chi connectivity index (χ4n) is 1.96. The third-order valence-electron chi connectivity index (χ3n) is 3.03. The van der Waals surface area contributed by atoms with E-state index in [-0.39, 0.29) is 11.9 Å². The fourth-order valence-corrected chi connectivity index (χ4v) is 1.96. The van der Waals surface area contributed by atoms with E-state index in [9.17, 15) is 0 Å². The minimum absolute atomic E-state index is 0.0379. The number of amidine groups is 1. The van der Waals surface area contributed by atoms with E-state index in [1.165, 1.54) is 0 Å². The summed E-state index contributed by atoms with van der Waals surface area (Å²) in [6, 6.07) is 5.18. The minimum atomic E-state index is 0.0379. The topological polar surface area (TPSA) is 86.3 Å². The number of hydrogen-bond acceptors (Lipinski definition) is 5. The van der Waals surface area contributed by atoms with E-state index in [0.717, 1.165) is 26.1 Å². The van der Waals surface area contributed by atoms with Crippen LogP contribution in [0, 0.1) is 0 Å². The first-order valence-corrected chi connectivity index (χ1v) is 6.15. The summed E-state index contributed by atoms with van der Waals surface area (Å²) in [5.74, 6) is 1.26. The Morgan fingerprint density at radius 1 is 1.37 bits per heavy atom. The first-order valence-electron chi connectivity index (χ1n) is 6.15. The van der Waals surface area contributed by atoms with E-state index in [1.807, 2.05) is 0 Å². The van der Waals surface area contributed by atoms with Gasteiger partial charge in [0.15, 0.2) is 17.3 Å². The molecule has 0 radical (unpaired) electrons. The number of rotatable bonds is 4. The summed E-state index contributed by atoms with van der Waals surface area (Å²) < 4.78 is 16.5. The average Bonchev–Trinajstić information content (AvgIpc) is 2.48. The third-order valence-corrected chi connectivity index (χ3v) is 3.03. The fraction of sp³-hybridized carbons (Fsp3) is 0.462. The molecular weight excluding hydrogens is 248 g/mol. The number of oxime groups is 1. The zero-order valence-corrected chi connectivity index (χ0v) is 10.8. The van der Waals surface area contributed by atoms with Gasteiger partial charge in [-0.15, -0.1) is 0 Å². The highest BCUT2D eigenvalue weighted by atomic mass is 16.5. The molecule has 1 aliphatic heterocycles. The molecular formula is C13H18N2O4. The van der Waals surface area contributed by atoms with E-state index < -0.39 is 0 Å². The molecule has 0 amide bonds. The Balaban J connectivity index is 2.15. The Bertz CT molecular complexity index is 456. The van der Waals surface area contributed by atoms with Crippen molar-refractivity contribution in [1.29, 1.82) is 0 Å². The Kier molecular flexibility index (Phi) is 4.46. The second-order valence-electron chi connectivity index (χ2n) is 4.28. The molecule has 6 nitrogen and oxygen atoms in total. The largest absolute Gasteiger partial charge is 0.493 e. The van der Waals surface area contributed by atoms with Gasteiger partial charge in [-0.3, -0.25) is 0 Å². The maximum atomic E-state index is 8.66. The molecule has 3 N–H and O–H groups in total. The van der Waals surface area contributed by atoms with Crippen molar-refractivity contribution in [2.45, 2.75) is 18.9 Å². The van der Waals surface area contributed by atoms with Gasteiger partial charge in [-0.25, -0.2) is 0 Å². The van der Waals surface area contributed by atoms with E-state index in [2.05, 4.69) is 5.16 Å². The second-order valence-corrected chi connectivity index (χ2v) is 4.28. The summed E-state index contributed by atoms with van der Waals surface area (Å²) in [6.45, 7) is 1.43. The molecule has 1 aliphatic rings. The Morgan fingerprint density at radius 3 is 2.74 bits per heavy atom. The van der Waals surface area contributed by atoms with Gasteiger partial charge in [0.25, 0.3) is 0 Å². The van der Waals surface area contributed by atoms with Crippen molar-refractivity contribution in [3.8, 4) is 11.5 Å². The van der Waals surface area contributed by atoms with Crippen LogP contribution in [0.4, 0.5) is 0 Å². The first kappa shape index (κ1) is 13.5. The van der Waals surface area contributed by atoms with Crippen LogP contribution in [0.2, 0.25) is 0 Å². The van der Waals surface area contributed by atoms with Gasteiger partial charge >= 0.3 is 0 Å². The lowest BCUT2D eigenvalue weighted by atomic mass is 10.1. The van der Waals surface area contributed by atoms with Crippen LogP contribution in [-0.2, 0) is 4.74 Å². The van der Waals surface area contributed by atoms with Gasteiger partial charge in [0.05, 0.1) is 20.3 Å². The van der Waals surface area contributed by atoms with E-state index in [4.69, 9.17) is 25.2 Å². The van der Waals surface area contributed by atoms with Crippen molar-refractivity contribution < 1.29 is 19.4 Å². The second kappa shape index (κ2) is 6.29. The number of nitrogens with zero attached hydrogens (tertiary/aromatic N) is 1. The average molecular weight is 266 g/mol. The SMILES string of the molecule is COc1cc(C(N)=NO)ccc1OC1CCOCC1. The van der Waals surface area contributed by atoms with Crippen LogP contribution in [0.25, 0.3) is 0 Å². The molecule has 1 aromatic carbocycles. The highest BCUT2D eigenvalue weighted by molar-refractivity contribution is 5.97. The molecule has 0 aliphatic carbocycles.